The molecule has 2 atom stereocenters. The third kappa shape index (κ3) is 2.33. The molecule has 0 radical (unpaired) electrons. The van der Waals surface area contributed by atoms with Gasteiger partial charge in [0.15, 0.2) is 0 Å². The highest BCUT2D eigenvalue weighted by Crippen LogP contribution is 2.37. The second-order valence-electron chi connectivity index (χ2n) is 4.61. The molecule has 0 saturated carbocycles. The van der Waals surface area contributed by atoms with Gasteiger partial charge in [0.25, 0.3) is 0 Å². The Labute approximate surface area is 105 Å². The summed E-state index contributed by atoms with van der Waals surface area (Å²) in [4.78, 5) is 12.5. The van der Waals surface area contributed by atoms with Crippen LogP contribution in [0.25, 0.3) is 0 Å². The Morgan fingerprint density at radius 1 is 1.41 bits per heavy atom. The Balaban J connectivity index is 1.59. The van der Waals surface area contributed by atoms with E-state index in [1.165, 1.54) is 10.5 Å². The normalized spacial score (nSPS) is 26.9. The quantitative estimate of drug-likeness (QED) is 0.855. The zero-order chi connectivity index (χ0) is 11.7. The Kier molecular flexibility index (Phi) is 3.07. The van der Waals surface area contributed by atoms with Gasteiger partial charge >= 0.3 is 0 Å². The number of carbonyl (C=O) groups is 1. The molecule has 0 bridgehead atoms. The van der Waals surface area contributed by atoms with Crippen molar-refractivity contribution in [3.05, 3.63) is 29.8 Å². The van der Waals surface area contributed by atoms with Crippen LogP contribution < -0.4 is 10.6 Å². The van der Waals surface area contributed by atoms with Crippen LogP contribution in [-0.4, -0.2) is 24.2 Å². The molecule has 0 aliphatic carbocycles. The molecule has 1 aromatic rings. The summed E-state index contributed by atoms with van der Waals surface area (Å²) in [6, 6.07) is 9.32. The lowest BCUT2D eigenvalue weighted by molar-refractivity contribution is -0.119. The Hall–Kier alpha value is -1.00. The average Bonchev–Trinajstić information content (AvgIpc) is 2.93. The zero-order valence-electron chi connectivity index (χ0n) is 9.61. The van der Waals surface area contributed by atoms with Crippen molar-refractivity contribution < 1.29 is 4.79 Å². The third-order valence-electron chi connectivity index (χ3n) is 3.40. The van der Waals surface area contributed by atoms with E-state index in [2.05, 4.69) is 34.9 Å². The smallest absolute Gasteiger partial charge is 0.220 e. The van der Waals surface area contributed by atoms with Gasteiger partial charge in [-0.15, -0.1) is 11.8 Å². The summed E-state index contributed by atoms with van der Waals surface area (Å²) >= 11 is 1.91. The predicted octanol–water partition coefficient (Wildman–Crippen LogP) is 1.70. The fourth-order valence-corrected chi connectivity index (χ4v) is 3.64. The number of carbonyl (C=O) groups excluding carboxylic acids is 1. The summed E-state index contributed by atoms with van der Waals surface area (Å²) in [5, 5.41) is 6.56. The van der Waals surface area contributed by atoms with E-state index < -0.39 is 0 Å². The maximum absolute atomic E-state index is 11.1. The van der Waals surface area contributed by atoms with Crippen LogP contribution >= 0.6 is 11.8 Å². The number of thioether (sulfide) groups is 1. The first-order chi connectivity index (χ1) is 8.33. The Morgan fingerprint density at radius 3 is 3.12 bits per heavy atom. The molecule has 1 saturated heterocycles. The molecule has 1 fully saturated rings. The standard InChI is InChI=1S/C13H16N2OS/c16-13-6-5-9(15-13)7-14-11-8-17-12-4-2-1-3-10(11)12/h1-4,9,11,14H,5-8H2,(H,15,16). The highest BCUT2D eigenvalue weighted by atomic mass is 32.2. The fourth-order valence-electron chi connectivity index (χ4n) is 2.45. The molecule has 4 heteroatoms. The van der Waals surface area contributed by atoms with E-state index in [1.54, 1.807) is 0 Å². The van der Waals surface area contributed by atoms with Crippen molar-refractivity contribution in [2.24, 2.45) is 0 Å². The zero-order valence-corrected chi connectivity index (χ0v) is 10.4. The number of hydrogen-bond acceptors (Lipinski definition) is 3. The van der Waals surface area contributed by atoms with Crippen molar-refractivity contribution in [3.8, 4) is 0 Å². The van der Waals surface area contributed by atoms with Crippen LogP contribution in [0, 0.1) is 0 Å². The highest BCUT2D eigenvalue weighted by Gasteiger charge is 2.25. The number of hydrogen-bond donors (Lipinski definition) is 2. The molecule has 0 aromatic heterocycles. The minimum atomic E-state index is 0.193. The lowest BCUT2D eigenvalue weighted by Gasteiger charge is -2.16. The number of amides is 1. The van der Waals surface area contributed by atoms with Gasteiger partial charge in [-0.05, 0) is 18.1 Å². The minimum absolute atomic E-state index is 0.193. The topological polar surface area (TPSA) is 41.1 Å². The van der Waals surface area contributed by atoms with Crippen LogP contribution in [0.3, 0.4) is 0 Å². The van der Waals surface area contributed by atoms with E-state index >= 15 is 0 Å². The van der Waals surface area contributed by atoms with Crippen molar-refractivity contribution in [1.29, 1.82) is 0 Å². The molecule has 2 aliphatic heterocycles. The van der Waals surface area contributed by atoms with E-state index in [0.29, 0.717) is 18.5 Å². The van der Waals surface area contributed by atoms with E-state index in [-0.39, 0.29) is 5.91 Å². The van der Waals surface area contributed by atoms with E-state index in [1.807, 2.05) is 11.8 Å². The molecule has 3 rings (SSSR count). The van der Waals surface area contributed by atoms with Gasteiger partial charge in [0.05, 0.1) is 0 Å². The molecule has 0 spiro atoms. The molecule has 1 aromatic carbocycles. The summed E-state index contributed by atoms with van der Waals surface area (Å²) in [7, 11) is 0. The summed E-state index contributed by atoms with van der Waals surface area (Å²) in [5.74, 6) is 1.29. The molecule has 90 valence electrons. The van der Waals surface area contributed by atoms with Gasteiger partial charge in [0, 0.05) is 35.7 Å². The molecule has 2 aliphatic rings. The largest absolute Gasteiger partial charge is 0.352 e. The second kappa shape index (κ2) is 4.70. The molecular weight excluding hydrogens is 232 g/mol. The van der Waals surface area contributed by atoms with Crippen molar-refractivity contribution >= 4 is 17.7 Å². The summed E-state index contributed by atoms with van der Waals surface area (Å²) < 4.78 is 0. The molecule has 17 heavy (non-hydrogen) atoms. The Morgan fingerprint density at radius 2 is 2.29 bits per heavy atom. The Bertz CT molecular complexity index is 435. The van der Waals surface area contributed by atoms with Crippen LogP contribution in [-0.2, 0) is 4.79 Å². The fraction of sp³-hybridized carbons (Fsp3) is 0.462. The first-order valence-electron chi connectivity index (χ1n) is 6.07. The molecule has 2 heterocycles. The number of benzene rings is 1. The number of rotatable bonds is 3. The van der Waals surface area contributed by atoms with Gasteiger partial charge in [-0.25, -0.2) is 0 Å². The van der Waals surface area contributed by atoms with Crippen molar-refractivity contribution in [3.63, 3.8) is 0 Å². The van der Waals surface area contributed by atoms with Crippen molar-refractivity contribution in [2.45, 2.75) is 29.8 Å². The van der Waals surface area contributed by atoms with Crippen LogP contribution in [0.2, 0.25) is 0 Å². The lowest BCUT2D eigenvalue weighted by atomic mass is 10.1. The van der Waals surface area contributed by atoms with Crippen LogP contribution in [0.4, 0.5) is 0 Å². The van der Waals surface area contributed by atoms with E-state index in [4.69, 9.17) is 0 Å². The molecule has 1 amide bonds. The van der Waals surface area contributed by atoms with E-state index in [0.717, 1.165) is 18.7 Å². The van der Waals surface area contributed by atoms with Crippen LogP contribution in [0.1, 0.15) is 24.4 Å². The first kappa shape index (κ1) is 11.1. The maximum Gasteiger partial charge on any atom is 0.220 e. The van der Waals surface area contributed by atoms with Gasteiger partial charge in [-0.1, -0.05) is 18.2 Å². The molecular formula is C13H16N2OS. The summed E-state index contributed by atoms with van der Waals surface area (Å²) in [6.07, 6.45) is 1.65. The third-order valence-corrected chi connectivity index (χ3v) is 4.58. The summed E-state index contributed by atoms with van der Waals surface area (Å²) in [6.45, 7) is 0.880. The van der Waals surface area contributed by atoms with Crippen molar-refractivity contribution in [2.75, 3.05) is 12.3 Å². The van der Waals surface area contributed by atoms with Gasteiger partial charge in [0.1, 0.15) is 0 Å². The van der Waals surface area contributed by atoms with Crippen LogP contribution in [0.5, 0.6) is 0 Å². The number of fused-ring (bicyclic) bond motifs is 1. The molecule has 2 unspecified atom stereocenters. The summed E-state index contributed by atoms with van der Waals surface area (Å²) in [5.41, 5.74) is 1.40. The maximum atomic E-state index is 11.1. The van der Waals surface area contributed by atoms with Gasteiger partial charge in [-0.3, -0.25) is 4.79 Å². The first-order valence-corrected chi connectivity index (χ1v) is 7.06. The van der Waals surface area contributed by atoms with Crippen LogP contribution in [0.15, 0.2) is 29.2 Å². The van der Waals surface area contributed by atoms with Crippen molar-refractivity contribution in [1.82, 2.24) is 10.6 Å². The molecule has 2 N–H and O–H groups in total. The van der Waals surface area contributed by atoms with Gasteiger partial charge < -0.3 is 10.6 Å². The van der Waals surface area contributed by atoms with E-state index in [9.17, 15) is 4.79 Å². The molecule has 3 nitrogen and oxygen atoms in total. The highest BCUT2D eigenvalue weighted by molar-refractivity contribution is 7.99. The van der Waals surface area contributed by atoms with Gasteiger partial charge in [-0.2, -0.15) is 0 Å². The average molecular weight is 248 g/mol. The predicted molar refractivity (Wildman–Crippen MR) is 69.1 cm³/mol. The number of nitrogens with one attached hydrogen (secondary N) is 2. The monoisotopic (exact) mass is 248 g/mol. The lowest BCUT2D eigenvalue weighted by Crippen LogP contribution is -2.37. The second-order valence-corrected chi connectivity index (χ2v) is 5.67. The minimum Gasteiger partial charge on any atom is -0.352 e. The SMILES string of the molecule is O=C1CCC(CNC2CSc3ccccc32)N1. The van der Waals surface area contributed by atoms with Gasteiger partial charge in [0.2, 0.25) is 5.91 Å².